The van der Waals surface area contributed by atoms with Crippen LogP contribution in [0.4, 0.5) is 10.1 Å². The number of hydrogen-bond acceptors (Lipinski definition) is 4. The van der Waals surface area contributed by atoms with Crippen molar-refractivity contribution in [2.45, 2.75) is 6.92 Å². The molecule has 0 atom stereocenters. The Hall–Kier alpha value is -3.19. The van der Waals surface area contributed by atoms with Gasteiger partial charge in [0.1, 0.15) is 12.7 Å². The van der Waals surface area contributed by atoms with Gasteiger partial charge in [-0.15, -0.1) is 0 Å². The summed E-state index contributed by atoms with van der Waals surface area (Å²) in [5.41, 5.74) is 3.04. The summed E-state index contributed by atoms with van der Waals surface area (Å²) in [4.78, 5) is 17.4. The van der Waals surface area contributed by atoms with Crippen LogP contribution in [0.3, 0.4) is 0 Å². The van der Waals surface area contributed by atoms with Gasteiger partial charge in [-0.1, -0.05) is 41.0 Å². The van der Waals surface area contributed by atoms with Gasteiger partial charge in [-0.2, -0.15) is 9.49 Å². The molecular formula is C20H18ClFN4O2. The van der Waals surface area contributed by atoms with Crippen molar-refractivity contribution in [2.24, 2.45) is 12.2 Å². The Morgan fingerprint density at radius 3 is 2.79 bits per heavy atom. The second-order valence-electron chi connectivity index (χ2n) is 6.06. The van der Waals surface area contributed by atoms with E-state index in [9.17, 15) is 9.18 Å². The molecule has 1 heterocycles. The molecule has 1 N–H and O–H groups in total. The molecule has 1 aromatic heterocycles. The molecule has 0 saturated heterocycles. The average molecular weight is 401 g/mol. The quantitative estimate of drug-likeness (QED) is 0.509. The lowest BCUT2D eigenvalue weighted by atomic mass is 10.0. The molecular weight excluding hydrogens is 383 g/mol. The molecule has 3 rings (SSSR count). The molecule has 0 fully saturated rings. The van der Waals surface area contributed by atoms with E-state index in [1.807, 2.05) is 24.3 Å². The van der Waals surface area contributed by atoms with E-state index in [1.54, 1.807) is 31.3 Å². The van der Waals surface area contributed by atoms with Crippen LogP contribution in [0, 0.1) is 12.9 Å². The fraction of sp³-hybridized carbons (Fsp3) is 0.150. The van der Waals surface area contributed by atoms with E-state index in [2.05, 4.69) is 15.6 Å². The normalized spacial score (nSPS) is 11.0. The fourth-order valence-corrected chi connectivity index (χ4v) is 3.02. The first-order valence-electron chi connectivity index (χ1n) is 8.37. The second kappa shape index (κ2) is 8.22. The molecule has 0 aliphatic rings. The van der Waals surface area contributed by atoms with Gasteiger partial charge >= 0.3 is 0 Å². The number of benzene rings is 2. The maximum absolute atomic E-state index is 14.2. The molecule has 0 aliphatic carbocycles. The van der Waals surface area contributed by atoms with Crippen LogP contribution in [0.2, 0.25) is 5.02 Å². The Kier molecular flexibility index (Phi) is 5.75. The van der Waals surface area contributed by atoms with Crippen molar-refractivity contribution >= 4 is 29.4 Å². The molecule has 0 radical (unpaired) electrons. The highest BCUT2D eigenvalue weighted by atomic mass is 35.5. The first-order chi connectivity index (χ1) is 13.4. The molecule has 0 aliphatic heterocycles. The Bertz CT molecular complexity index is 1060. The number of nitrogens with one attached hydrogen (secondary N) is 1. The zero-order valence-corrected chi connectivity index (χ0v) is 16.3. The van der Waals surface area contributed by atoms with Crippen molar-refractivity contribution in [2.75, 3.05) is 12.4 Å². The van der Waals surface area contributed by atoms with Crippen molar-refractivity contribution in [3.05, 3.63) is 70.3 Å². The van der Waals surface area contributed by atoms with Gasteiger partial charge in [-0.05, 0) is 36.2 Å². The number of aryl methyl sites for hydroxylation is 2. The average Bonchev–Trinajstić information content (AvgIpc) is 2.92. The summed E-state index contributed by atoms with van der Waals surface area (Å²) in [5.74, 6) is -1.29. The highest BCUT2D eigenvalue weighted by molar-refractivity contribution is 6.31. The first-order valence-corrected chi connectivity index (χ1v) is 8.75. The minimum atomic E-state index is -0.698. The van der Waals surface area contributed by atoms with E-state index in [0.29, 0.717) is 16.4 Å². The predicted octanol–water partition coefficient (Wildman–Crippen LogP) is 4.42. The Labute approximate surface area is 166 Å². The summed E-state index contributed by atoms with van der Waals surface area (Å²) in [7, 11) is 2.91. The minimum absolute atomic E-state index is 0.102. The Morgan fingerprint density at radius 1 is 1.32 bits per heavy atom. The van der Waals surface area contributed by atoms with Gasteiger partial charge in [-0.3, -0.25) is 4.79 Å². The molecule has 6 nitrogen and oxygen atoms in total. The van der Waals surface area contributed by atoms with E-state index in [0.717, 1.165) is 21.4 Å². The standard InChI is InChI=1S/C20H18ClFN4O2/c1-12-18(19(22)26(2)25-12)20(27)24-17-10-15(21)7-8-16(17)14-6-4-5-13(9-14)11-23-28-3/h4-11H,1-3H3,(H,24,27)/b23-11+. The lowest BCUT2D eigenvalue weighted by molar-refractivity contribution is 0.102. The van der Waals surface area contributed by atoms with E-state index < -0.39 is 11.9 Å². The number of carbonyl (C=O) groups is 1. The number of nitrogens with zero attached hydrogens (tertiary/aromatic N) is 3. The molecule has 28 heavy (non-hydrogen) atoms. The summed E-state index contributed by atoms with van der Waals surface area (Å²) in [5, 5.41) is 10.9. The summed E-state index contributed by atoms with van der Waals surface area (Å²) in [6.45, 7) is 1.58. The first kappa shape index (κ1) is 19.6. The number of aromatic nitrogens is 2. The maximum Gasteiger partial charge on any atom is 0.262 e. The van der Waals surface area contributed by atoms with Gasteiger partial charge in [0.15, 0.2) is 0 Å². The van der Waals surface area contributed by atoms with Gasteiger partial charge in [0.05, 0.1) is 17.6 Å². The minimum Gasteiger partial charge on any atom is -0.399 e. The summed E-state index contributed by atoms with van der Waals surface area (Å²) in [6.07, 6.45) is 1.58. The van der Waals surface area contributed by atoms with E-state index in [-0.39, 0.29) is 5.56 Å². The van der Waals surface area contributed by atoms with Crippen LogP contribution in [-0.2, 0) is 11.9 Å². The van der Waals surface area contributed by atoms with Crippen molar-refractivity contribution < 1.29 is 14.0 Å². The third kappa shape index (κ3) is 4.04. The van der Waals surface area contributed by atoms with Crippen LogP contribution < -0.4 is 5.32 Å². The summed E-state index contributed by atoms with van der Waals surface area (Å²) >= 11 is 6.12. The molecule has 0 saturated carbocycles. The number of hydrogen-bond donors (Lipinski definition) is 1. The third-order valence-corrected chi connectivity index (χ3v) is 4.35. The van der Waals surface area contributed by atoms with Crippen LogP contribution in [-0.4, -0.2) is 29.0 Å². The number of rotatable bonds is 5. The lowest BCUT2D eigenvalue weighted by Gasteiger charge is -2.12. The number of halogens is 2. The molecule has 0 bridgehead atoms. The van der Waals surface area contributed by atoms with Gasteiger partial charge < -0.3 is 10.2 Å². The number of amides is 1. The van der Waals surface area contributed by atoms with Crippen molar-refractivity contribution in [3.63, 3.8) is 0 Å². The van der Waals surface area contributed by atoms with E-state index in [4.69, 9.17) is 16.4 Å². The van der Waals surface area contributed by atoms with Crippen molar-refractivity contribution in [1.29, 1.82) is 0 Å². The van der Waals surface area contributed by atoms with Crippen LogP contribution >= 0.6 is 11.6 Å². The highest BCUT2D eigenvalue weighted by Crippen LogP contribution is 2.31. The largest absolute Gasteiger partial charge is 0.399 e. The SMILES string of the molecule is CO/N=C/c1cccc(-c2ccc(Cl)cc2NC(=O)c2c(C)nn(C)c2F)c1. The lowest BCUT2D eigenvalue weighted by Crippen LogP contribution is -2.15. The Morgan fingerprint density at radius 2 is 2.11 bits per heavy atom. The topological polar surface area (TPSA) is 68.5 Å². The monoisotopic (exact) mass is 400 g/mol. The molecule has 8 heteroatoms. The maximum atomic E-state index is 14.2. The smallest absolute Gasteiger partial charge is 0.262 e. The van der Waals surface area contributed by atoms with E-state index in [1.165, 1.54) is 14.2 Å². The van der Waals surface area contributed by atoms with Gasteiger partial charge in [0.25, 0.3) is 5.91 Å². The third-order valence-electron chi connectivity index (χ3n) is 4.11. The zero-order valence-electron chi connectivity index (χ0n) is 15.5. The molecule has 3 aromatic rings. The molecule has 0 spiro atoms. The van der Waals surface area contributed by atoms with Crippen LogP contribution in [0.25, 0.3) is 11.1 Å². The van der Waals surface area contributed by atoms with E-state index >= 15 is 0 Å². The Balaban J connectivity index is 2.00. The molecule has 0 unspecified atom stereocenters. The fourth-order valence-electron chi connectivity index (χ4n) is 2.84. The van der Waals surface area contributed by atoms with Crippen LogP contribution in [0.5, 0.6) is 0 Å². The van der Waals surface area contributed by atoms with Crippen LogP contribution in [0.1, 0.15) is 21.6 Å². The molecule has 2 aromatic carbocycles. The van der Waals surface area contributed by atoms with Gasteiger partial charge in [0.2, 0.25) is 5.95 Å². The summed E-state index contributed by atoms with van der Waals surface area (Å²) < 4.78 is 15.3. The van der Waals surface area contributed by atoms with Gasteiger partial charge in [0, 0.05) is 17.6 Å². The number of carbonyl (C=O) groups excluding carboxylic acids is 1. The predicted molar refractivity (Wildman–Crippen MR) is 107 cm³/mol. The number of anilines is 1. The van der Waals surface area contributed by atoms with Crippen molar-refractivity contribution in [1.82, 2.24) is 9.78 Å². The van der Waals surface area contributed by atoms with Crippen LogP contribution in [0.15, 0.2) is 47.6 Å². The highest BCUT2D eigenvalue weighted by Gasteiger charge is 2.21. The molecule has 1 amide bonds. The zero-order chi connectivity index (χ0) is 20.3. The number of oxime groups is 1. The van der Waals surface area contributed by atoms with Gasteiger partial charge in [-0.25, -0.2) is 4.68 Å². The second-order valence-corrected chi connectivity index (χ2v) is 6.50. The van der Waals surface area contributed by atoms with Crippen molar-refractivity contribution in [3.8, 4) is 11.1 Å². The molecule has 144 valence electrons. The summed E-state index contributed by atoms with van der Waals surface area (Å²) in [6, 6.07) is 12.6.